The Hall–Kier alpha value is -1.57. The molecule has 0 saturated heterocycles. The van der Waals surface area contributed by atoms with Gasteiger partial charge in [-0.2, -0.15) is 13.2 Å². The monoisotopic (exact) mass is 253 g/mol. The van der Waals surface area contributed by atoms with E-state index in [9.17, 15) is 22.8 Å². The summed E-state index contributed by atoms with van der Waals surface area (Å²) in [6.07, 6.45) is -6.16. The van der Waals surface area contributed by atoms with Gasteiger partial charge in [-0.1, -0.05) is 0 Å². The fraction of sp³-hybridized carbons (Fsp3) is 0.250. The molecule has 0 atom stereocenters. The third-order valence-corrected chi connectivity index (χ3v) is 2.43. The lowest BCUT2D eigenvalue weighted by Gasteiger charge is -2.05. The molecule has 0 spiro atoms. The molecule has 1 aromatic rings. The highest BCUT2D eigenvalue weighted by Crippen LogP contribution is 2.24. The van der Waals surface area contributed by atoms with E-state index in [0.29, 0.717) is 11.3 Å². The van der Waals surface area contributed by atoms with Crippen LogP contribution in [-0.4, -0.2) is 23.2 Å². The summed E-state index contributed by atoms with van der Waals surface area (Å²) in [6, 6.07) is 2.44. The standard InChI is InChI=1S/C8H6F3NO3S/c9-8(10,11)3-5(13)12-6-2-1-4(16-6)7(14)15/h1-2H,3H2,(H,12,13)(H,14,15). The van der Waals surface area contributed by atoms with Gasteiger partial charge in [-0.3, -0.25) is 4.79 Å². The van der Waals surface area contributed by atoms with Crippen molar-refractivity contribution in [3.63, 3.8) is 0 Å². The maximum atomic E-state index is 11.8. The Morgan fingerprint density at radius 2 is 2.00 bits per heavy atom. The highest BCUT2D eigenvalue weighted by atomic mass is 32.1. The number of anilines is 1. The molecule has 88 valence electrons. The van der Waals surface area contributed by atoms with Crippen molar-refractivity contribution in [1.29, 1.82) is 0 Å². The van der Waals surface area contributed by atoms with Crippen molar-refractivity contribution >= 4 is 28.2 Å². The van der Waals surface area contributed by atoms with E-state index in [4.69, 9.17) is 5.11 Å². The van der Waals surface area contributed by atoms with Crippen LogP contribution in [0.3, 0.4) is 0 Å². The summed E-state index contributed by atoms with van der Waals surface area (Å²) >= 11 is 0.696. The van der Waals surface area contributed by atoms with Crippen molar-refractivity contribution in [1.82, 2.24) is 0 Å². The molecule has 0 aliphatic rings. The molecule has 16 heavy (non-hydrogen) atoms. The zero-order chi connectivity index (χ0) is 12.3. The SMILES string of the molecule is O=C(CC(F)(F)F)Nc1ccc(C(=O)O)s1. The second kappa shape index (κ2) is 4.52. The van der Waals surface area contributed by atoms with E-state index in [1.165, 1.54) is 12.1 Å². The van der Waals surface area contributed by atoms with Crippen molar-refractivity contribution in [3.8, 4) is 0 Å². The van der Waals surface area contributed by atoms with E-state index >= 15 is 0 Å². The topological polar surface area (TPSA) is 66.4 Å². The zero-order valence-electron chi connectivity index (χ0n) is 7.67. The van der Waals surface area contributed by atoms with Crippen LogP contribution in [0.4, 0.5) is 18.2 Å². The summed E-state index contributed by atoms with van der Waals surface area (Å²) in [7, 11) is 0. The van der Waals surface area contributed by atoms with Gasteiger partial charge in [-0.25, -0.2) is 4.79 Å². The molecule has 8 heteroatoms. The van der Waals surface area contributed by atoms with Crippen LogP contribution in [0, 0.1) is 0 Å². The first-order valence-electron chi connectivity index (χ1n) is 3.97. The summed E-state index contributed by atoms with van der Waals surface area (Å²) in [5, 5.41) is 10.6. The molecule has 0 bridgehead atoms. The Morgan fingerprint density at radius 1 is 1.38 bits per heavy atom. The fourth-order valence-electron chi connectivity index (χ4n) is 0.884. The Balaban J connectivity index is 2.60. The second-order valence-corrected chi connectivity index (χ2v) is 3.89. The number of carbonyl (C=O) groups is 2. The number of alkyl halides is 3. The molecule has 0 radical (unpaired) electrons. The molecule has 0 saturated carbocycles. The van der Waals surface area contributed by atoms with Crippen LogP contribution in [-0.2, 0) is 4.79 Å². The minimum atomic E-state index is -4.57. The molecule has 4 nitrogen and oxygen atoms in total. The van der Waals surface area contributed by atoms with Gasteiger partial charge in [0, 0.05) is 0 Å². The van der Waals surface area contributed by atoms with Gasteiger partial charge in [0.25, 0.3) is 0 Å². The van der Waals surface area contributed by atoms with Crippen molar-refractivity contribution in [2.75, 3.05) is 5.32 Å². The first-order valence-corrected chi connectivity index (χ1v) is 4.79. The number of halogens is 3. The van der Waals surface area contributed by atoms with Gasteiger partial charge in [-0.05, 0) is 12.1 Å². The average molecular weight is 253 g/mol. The van der Waals surface area contributed by atoms with Crippen LogP contribution in [0.25, 0.3) is 0 Å². The van der Waals surface area contributed by atoms with Crippen LogP contribution in [0.2, 0.25) is 0 Å². The first-order chi connectivity index (χ1) is 7.28. The molecule has 1 amide bonds. The largest absolute Gasteiger partial charge is 0.477 e. The molecular weight excluding hydrogens is 247 g/mol. The Morgan fingerprint density at radius 3 is 2.44 bits per heavy atom. The van der Waals surface area contributed by atoms with Crippen molar-refractivity contribution in [2.24, 2.45) is 0 Å². The number of hydrogen-bond donors (Lipinski definition) is 2. The molecule has 0 aliphatic carbocycles. The van der Waals surface area contributed by atoms with Gasteiger partial charge in [0.2, 0.25) is 5.91 Å². The number of amides is 1. The van der Waals surface area contributed by atoms with Crippen LogP contribution in [0.5, 0.6) is 0 Å². The number of carboxylic acids is 1. The summed E-state index contributed by atoms with van der Waals surface area (Å²) in [6.45, 7) is 0. The summed E-state index contributed by atoms with van der Waals surface area (Å²) < 4.78 is 35.4. The molecule has 0 aliphatic heterocycles. The third kappa shape index (κ3) is 3.89. The van der Waals surface area contributed by atoms with E-state index in [-0.39, 0.29) is 9.88 Å². The molecule has 0 aromatic carbocycles. The van der Waals surface area contributed by atoms with E-state index in [0.717, 1.165) is 0 Å². The average Bonchev–Trinajstić information content (AvgIpc) is 2.48. The zero-order valence-corrected chi connectivity index (χ0v) is 8.48. The lowest BCUT2D eigenvalue weighted by atomic mass is 10.4. The number of thiophene rings is 1. The van der Waals surface area contributed by atoms with E-state index < -0.39 is 24.5 Å². The van der Waals surface area contributed by atoms with Gasteiger partial charge >= 0.3 is 12.1 Å². The van der Waals surface area contributed by atoms with Gasteiger partial charge in [0.05, 0.1) is 5.00 Å². The maximum Gasteiger partial charge on any atom is 0.397 e. The smallest absolute Gasteiger partial charge is 0.397 e. The molecule has 2 N–H and O–H groups in total. The van der Waals surface area contributed by atoms with Crippen LogP contribution < -0.4 is 5.32 Å². The molecule has 0 fully saturated rings. The van der Waals surface area contributed by atoms with E-state index in [2.05, 4.69) is 0 Å². The predicted octanol–water partition coefficient (Wildman–Crippen LogP) is 2.34. The van der Waals surface area contributed by atoms with E-state index in [1.807, 2.05) is 5.32 Å². The van der Waals surface area contributed by atoms with Crippen LogP contribution in [0.1, 0.15) is 16.1 Å². The van der Waals surface area contributed by atoms with E-state index in [1.54, 1.807) is 0 Å². The highest BCUT2D eigenvalue weighted by Gasteiger charge is 2.31. The van der Waals surface area contributed by atoms with Gasteiger partial charge in [0.15, 0.2) is 0 Å². The Labute approximate surface area is 91.7 Å². The minimum Gasteiger partial charge on any atom is -0.477 e. The van der Waals surface area contributed by atoms with Gasteiger partial charge < -0.3 is 10.4 Å². The number of carbonyl (C=O) groups excluding carboxylic acids is 1. The lowest BCUT2D eigenvalue weighted by Crippen LogP contribution is -2.20. The Bertz CT molecular complexity index is 413. The molecule has 1 aromatic heterocycles. The number of aromatic carboxylic acids is 1. The summed E-state index contributed by atoms with van der Waals surface area (Å²) in [4.78, 5) is 21.2. The second-order valence-electron chi connectivity index (χ2n) is 2.81. The maximum absolute atomic E-state index is 11.8. The molecule has 0 unspecified atom stereocenters. The van der Waals surface area contributed by atoms with Gasteiger partial charge in [0.1, 0.15) is 11.3 Å². The lowest BCUT2D eigenvalue weighted by molar-refractivity contribution is -0.150. The normalized spacial score (nSPS) is 11.2. The highest BCUT2D eigenvalue weighted by molar-refractivity contribution is 7.18. The number of nitrogens with one attached hydrogen (secondary N) is 1. The molecule has 1 rings (SSSR count). The molecule has 1 heterocycles. The first kappa shape index (κ1) is 12.5. The van der Waals surface area contributed by atoms with Gasteiger partial charge in [-0.15, -0.1) is 11.3 Å². The minimum absolute atomic E-state index is 0.0534. The number of rotatable bonds is 3. The Kier molecular flexibility index (Phi) is 3.53. The number of hydrogen-bond acceptors (Lipinski definition) is 3. The molecular formula is C8H6F3NO3S. The summed E-state index contributed by atoms with van der Waals surface area (Å²) in [5.41, 5.74) is 0. The quantitative estimate of drug-likeness (QED) is 0.868. The van der Waals surface area contributed by atoms with Crippen molar-refractivity contribution in [3.05, 3.63) is 17.0 Å². The number of carboxylic acid groups (broad SMARTS) is 1. The fourth-order valence-corrected chi connectivity index (χ4v) is 1.64. The third-order valence-electron chi connectivity index (χ3n) is 1.44. The van der Waals surface area contributed by atoms with Crippen molar-refractivity contribution in [2.45, 2.75) is 12.6 Å². The predicted molar refractivity (Wildman–Crippen MR) is 50.6 cm³/mol. The summed E-state index contributed by atoms with van der Waals surface area (Å²) in [5.74, 6) is -2.41. The van der Waals surface area contributed by atoms with Crippen LogP contribution in [0.15, 0.2) is 12.1 Å². The van der Waals surface area contributed by atoms with Crippen molar-refractivity contribution < 1.29 is 27.9 Å². The van der Waals surface area contributed by atoms with Crippen LogP contribution >= 0.6 is 11.3 Å².